The number of fused-ring (bicyclic) bond motifs is 1. The summed E-state index contributed by atoms with van der Waals surface area (Å²) in [7, 11) is 0. The Bertz CT molecular complexity index is 1810. The zero-order valence-corrected chi connectivity index (χ0v) is 21.4. The summed E-state index contributed by atoms with van der Waals surface area (Å²) in [5.41, 5.74) is 18.6. The normalized spacial score (nSPS) is 10.9. The first-order chi connectivity index (χ1) is 19.5. The highest BCUT2D eigenvalue weighted by Gasteiger charge is 2.10. The smallest absolute Gasteiger partial charge is 0.222 e. The van der Waals surface area contributed by atoms with E-state index in [1.807, 2.05) is 78.9 Å². The van der Waals surface area contributed by atoms with Crippen molar-refractivity contribution in [1.29, 1.82) is 0 Å². The van der Waals surface area contributed by atoms with Crippen LogP contribution in [-0.2, 0) is 6.61 Å². The van der Waals surface area contributed by atoms with E-state index in [0.717, 1.165) is 39.0 Å². The SMILES string of the molecule is Nc1nc(Nc2ccc3nc(-c4ccc(F)cc4)cc(N)c3c2)cc(-c2cccc(OCc3ccccc3)c2)n1. The largest absolute Gasteiger partial charge is 0.489 e. The number of hydrogen-bond acceptors (Lipinski definition) is 7. The van der Waals surface area contributed by atoms with Gasteiger partial charge in [0, 0.05) is 34.0 Å². The highest BCUT2D eigenvalue weighted by molar-refractivity contribution is 5.95. The van der Waals surface area contributed by atoms with Crippen molar-refractivity contribution in [3.05, 3.63) is 121 Å². The molecular weight excluding hydrogens is 503 g/mol. The summed E-state index contributed by atoms with van der Waals surface area (Å²) in [5, 5.41) is 4.08. The van der Waals surface area contributed by atoms with Gasteiger partial charge in [-0.1, -0.05) is 42.5 Å². The minimum absolute atomic E-state index is 0.140. The lowest BCUT2D eigenvalue weighted by molar-refractivity contribution is 0.306. The number of ether oxygens (including phenoxy) is 1. The van der Waals surface area contributed by atoms with Crippen LogP contribution in [0.3, 0.4) is 0 Å². The first kappa shape index (κ1) is 24.8. The highest BCUT2D eigenvalue weighted by Crippen LogP contribution is 2.31. The number of aromatic nitrogens is 3. The number of pyridine rings is 1. The average Bonchev–Trinajstić information content (AvgIpc) is 2.97. The molecule has 0 aliphatic heterocycles. The lowest BCUT2D eigenvalue weighted by Crippen LogP contribution is -2.02. The van der Waals surface area contributed by atoms with E-state index in [2.05, 4.69) is 15.3 Å². The van der Waals surface area contributed by atoms with E-state index in [1.165, 1.54) is 12.1 Å². The molecule has 2 aromatic heterocycles. The molecule has 6 aromatic rings. The second-order valence-corrected chi connectivity index (χ2v) is 9.26. The number of nitrogens with zero attached hydrogens (tertiary/aromatic N) is 3. The van der Waals surface area contributed by atoms with Gasteiger partial charge in [0.2, 0.25) is 5.95 Å². The van der Waals surface area contributed by atoms with Gasteiger partial charge in [0.15, 0.2) is 0 Å². The fourth-order valence-corrected chi connectivity index (χ4v) is 4.41. The highest BCUT2D eigenvalue weighted by atomic mass is 19.1. The molecule has 0 aliphatic rings. The van der Waals surface area contributed by atoms with Crippen LogP contribution in [0.1, 0.15) is 5.56 Å². The third-order valence-electron chi connectivity index (χ3n) is 6.37. The number of halogens is 1. The van der Waals surface area contributed by atoms with E-state index >= 15 is 0 Å². The molecule has 2 heterocycles. The molecule has 8 heteroatoms. The predicted molar refractivity (Wildman–Crippen MR) is 157 cm³/mol. The van der Waals surface area contributed by atoms with Crippen LogP contribution >= 0.6 is 0 Å². The summed E-state index contributed by atoms with van der Waals surface area (Å²) < 4.78 is 19.3. The van der Waals surface area contributed by atoms with E-state index in [4.69, 9.17) is 21.2 Å². The van der Waals surface area contributed by atoms with Crippen molar-refractivity contribution in [2.24, 2.45) is 0 Å². The molecule has 0 aliphatic carbocycles. The maximum Gasteiger partial charge on any atom is 0.222 e. The van der Waals surface area contributed by atoms with Crippen LogP contribution in [0, 0.1) is 5.82 Å². The van der Waals surface area contributed by atoms with Gasteiger partial charge in [-0.2, -0.15) is 4.98 Å². The predicted octanol–water partition coefficient (Wildman–Crippen LogP) is 6.98. The third-order valence-corrected chi connectivity index (χ3v) is 6.37. The van der Waals surface area contributed by atoms with Crippen LogP contribution < -0.4 is 21.5 Å². The molecule has 0 atom stereocenters. The van der Waals surface area contributed by atoms with Gasteiger partial charge >= 0.3 is 0 Å². The zero-order valence-electron chi connectivity index (χ0n) is 21.4. The van der Waals surface area contributed by atoms with Gasteiger partial charge in [-0.05, 0) is 66.2 Å². The topological polar surface area (TPSA) is 112 Å². The van der Waals surface area contributed by atoms with E-state index < -0.39 is 0 Å². The number of rotatable bonds is 7. The summed E-state index contributed by atoms with van der Waals surface area (Å²) >= 11 is 0. The van der Waals surface area contributed by atoms with E-state index in [-0.39, 0.29) is 11.8 Å². The lowest BCUT2D eigenvalue weighted by atomic mass is 10.1. The molecule has 0 spiro atoms. The fraction of sp³-hybridized carbons (Fsp3) is 0.0312. The summed E-state index contributed by atoms with van der Waals surface area (Å²) in [6.07, 6.45) is 0. The van der Waals surface area contributed by atoms with Crippen molar-refractivity contribution in [2.75, 3.05) is 16.8 Å². The van der Waals surface area contributed by atoms with E-state index in [1.54, 1.807) is 18.2 Å². The minimum atomic E-state index is -0.300. The number of nitrogens with two attached hydrogens (primary N) is 2. The Morgan fingerprint density at radius 2 is 1.50 bits per heavy atom. The van der Waals surface area contributed by atoms with Gasteiger partial charge in [-0.25, -0.2) is 14.4 Å². The summed E-state index contributed by atoms with van der Waals surface area (Å²) in [6, 6.07) is 33.1. The third kappa shape index (κ3) is 5.51. The first-order valence-electron chi connectivity index (χ1n) is 12.7. The second kappa shape index (κ2) is 10.7. The first-order valence-corrected chi connectivity index (χ1v) is 12.7. The van der Waals surface area contributed by atoms with Crippen LogP contribution in [0.2, 0.25) is 0 Å². The molecular formula is C32H25FN6O. The summed E-state index contributed by atoms with van der Waals surface area (Å²) in [6.45, 7) is 0.467. The molecule has 0 unspecified atom stereocenters. The molecule has 0 fully saturated rings. The van der Waals surface area contributed by atoms with E-state index in [9.17, 15) is 4.39 Å². The Kier molecular flexibility index (Phi) is 6.64. The van der Waals surface area contributed by atoms with Crippen molar-refractivity contribution >= 4 is 34.0 Å². The average molecular weight is 529 g/mol. The maximum absolute atomic E-state index is 13.3. The minimum Gasteiger partial charge on any atom is -0.489 e. The van der Waals surface area contributed by atoms with Gasteiger partial charge in [0.1, 0.15) is 24.0 Å². The van der Waals surface area contributed by atoms with Crippen LogP contribution in [0.5, 0.6) is 5.75 Å². The molecule has 6 rings (SSSR count). The Morgan fingerprint density at radius 1 is 0.700 bits per heavy atom. The van der Waals surface area contributed by atoms with Gasteiger partial charge in [0.05, 0.1) is 16.9 Å². The molecule has 0 saturated carbocycles. The standard InChI is InChI=1S/C32H25FN6O/c33-23-11-9-21(10-12-23)29-17-27(34)26-16-24(13-14-28(26)37-29)36-31-18-30(38-32(35)39-31)22-7-4-8-25(15-22)40-19-20-5-2-1-3-6-20/h1-18H,19H2,(H2,34,37)(H3,35,36,38,39). The van der Waals surface area contributed by atoms with Gasteiger partial charge in [0.25, 0.3) is 0 Å². The number of benzene rings is 4. The molecule has 5 N–H and O–H groups in total. The van der Waals surface area contributed by atoms with Crippen molar-refractivity contribution in [3.63, 3.8) is 0 Å². The summed E-state index contributed by atoms with van der Waals surface area (Å²) in [4.78, 5) is 13.5. The second-order valence-electron chi connectivity index (χ2n) is 9.26. The number of nitrogens with one attached hydrogen (secondary N) is 1. The Balaban J connectivity index is 1.24. The van der Waals surface area contributed by atoms with Crippen LogP contribution in [-0.4, -0.2) is 15.0 Å². The molecule has 40 heavy (non-hydrogen) atoms. The Morgan fingerprint density at radius 3 is 2.33 bits per heavy atom. The molecule has 0 amide bonds. The monoisotopic (exact) mass is 528 g/mol. The number of nitrogen functional groups attached to an aromatic ring is 2. The molecule has 0 bridgehead atoms. The van der Waals surface area contributed by atoms with Gasteiger partial charge in [-0.15, -0.1) is 0 Å². The van der Waals surface area contributed by atoms with Gasteiger partial charge in [-0.3, -0.25) is 0 Å². The molecule has 196 valence electrons. The zero-order chi connectivity index (χ0) is 27.5. The number of anilines is 4. The molecule has 7 nitrogen and oxygen atoms in total. The van der Waals surface area contributed by atoms with Gasteiger partial charge < -0.3 is 21.5 Å². The molecule has 0 saturated heterocycles. The van der Waals surface area contributed by atoms with E-state index in [0.29, 0.717) is 29.5 Å². The maximum atomic E-state index is 13.3. The van der Waals surface area contributed by atoms with Crippen molar-refractivity contribution in [3.8, 4) is 28.3 Å². The fourth-order valence-electron chi connectivity index (χ4n) is 4.41. The van der Waals surface area contributed by atoms with Crippen molar-refractivity contribution in [1.82, 2.24) is 15.0 Å². The Labute approximate surface area is 230 Å². The Hall–Kier alpha value is -5.50. The lowest BCUT2D eigenvalue weighted by Gasteiger charge is -2.12. The number of hydrogen-bond donors (Lipinski definition) is 3. The molecule has 4 aromatic carbocycles. The van der Waals surface area contributed by atoms with Crippen molar-refractivity contribution < 1.29 is 9.13 Å². The van der Waals surface area contributed by atoms with Crippen molar-refractivity contribution in [2.45, 2.75) is 6.61 Å². The molecule has 0 radical (unpaired) electrons. The van der Waals surface area contributed by atoms with Crippen LogP contribution in [0.15, 0.2) is 109 Å². The summed E-state index contributed by atoms with van der Waals surface area (Å²) in [5.74, 6) is 1.10. The van der Waals surface area contributed by atoms with Crippen LogP contribution in [0.25, 0.3) is 33.4 Å². The van der Waals surface area contributed by atoms with Crippen LogP contribution in [0.4, 0.5) is 27.5 Å². The quantitative estimate of drug-likeness (QED) is 0.205.